The predicted molar refractivity (Wildman–Crippen MR) is 148 cm³/mol. The van der Waals surface area contributed by atoms with Gasteiger partial charge in [-0.2, -0.15) is 6.32 Å². The van der Waals surface area contributed by atoms with Crippen molar-refractivity contribution in [3.8, 4) is 0 Å². The highest BCUT2D eigenvalue weighted by Crippen LogP contribution is 2.53. The molecule has 0 saturated carbocycles. The Morgan fingerprint density at radius 3 is 1.55 bits per heavy atom. The molecule has 12 heteroatoms. The SMILES string of the molecule is C[N+](C)=C1CC(C)(C)C2=C1[C@@H]([B-](CCc1ccccc1)(c1c(F)c(F)c(F)c(F)c1F)c1c(F)c(F)c(F)c(F)c1F)C=C2. The molecule has 0 radical (unpaired) electrons. The van der Waals surface area contributed by atoms with Crippen LogP contribution < -0.4 is 10.9 Å². The van der Waals surface area contributed by atoms with Gasteiger partial charge in [0.25, 0.3) is 0 Å². The van der Waals surface area contributed by atoms with Crippen LogP contribution in [0.5, 0.6) is 0 Å². The quantitative estimate of drug-likeness (QED) is 0.0893. The topological polar surface area (TPSA) is 3.01 Å². The molecule has 0 aromatic heterocycles. The minimum atomic E-state index is -4.08. The monoisotopic (exact) mass is 625 g/mol. The van der Waals surface area contributed by atoms with Crippen molar-refractivity contribution in [3.63, 3.8) is 0 Å². The van der Waals surface area contributed by atoms with Crippen LogP contribution in [0.1, 0.15) is 25.8 Å². The fraction of sp³-hybridized carbons (Fsp3) is 0.281. The predicted octanol–water partition coefficient (Wildman–Crippen LogP) is 7.26. The van der Waals surface area contributed by atoms with E-state index >= 15 is 17.6 Å². The Bertz CT molecular complexity index is 1660. The Morgan fingerprint density at radius 2 is 1.11 bits per heavy atom. The van der Waals surface area contributed by atoms with Crippen molar-refractivity contribution in [2.24, 2.45) is 5.41 Å². The summed E-state index contributed by atoms with van der Waals surface area (Å²) in [6.07, 6.45) is -1.99. The fourth-order valence-corrected chi connectivity index (χ4v) is 7.14. The summed E-state index contributed by atoms with van der Waals surface area (Å²) >= 11 is 0. The Balaban J connectivity index is 2.02. The van der Waals surface area contributed by atoms with Gasteiger partial charge in [0.05, 0.1) is 6.15 Å². The Morgan fingerprint density at radius 1 is 0.682 bits per heavy atom. The van der Waals surface area contributed by atoms with Gasteiger partial charge in [-0.15, -0.1) is 22.8 Å². The number of benzene rings is 3. The lowest BCUT2D eigenvalue weighted by Crippen LogP contribution is -2.67. The normalized spacial score (nSPS) is 17.6. The van der Waals surface area contributed by atoms with Gasteiger partial charge < -0.3 is 0 Å². The summed E-state index contributed by atoms with van der Waals surface area (Å²) in [6, 6.07) is 7.88. The molecule has 0 fully saturated rings. The Labute approximate surface area is 247 Å². The van der Waals surface area contributed by atoms with E-state index in [1.807, 2.05) is 13.8 Å². The third-order valence-corrected chi connectivity index (χ3v) is 9.14. The zero-order valence-corrected chi connectivity index (χ0v) is 24.0. The third kappa shape index (κ3) is 4.51. The van der Waals surface area contributed by atoms with Gasteiger partial charge in [-0.25, -0.2) is 48.5 Å². The molecule has 232 valence electrons. The van der Waals surface area contributed by atoms with E-state index in [1.165, 1.54) is 12.2 Å². The molecule has 3 aromatic carbocycles. The standard InChI is InChI=1S/C32H26BF10N/c1-32(2)14-18(44(3)4)19-16(32)10-11-17(19)33(13-12-15-8-6-5-7-9-15,20-22(34)26(38)30(42)27(39)23(20)35)21-24(36)28(40)31(43)29(41)25(21)37/h5-11,17H,12-14H2,1-4H3/t17-/m0/s1. The first-order chi connectivity index (χ1) is 20.6. The maximum Gasteiger partial charge on any atom is 0.200 e. The van der Waals surface area contributed by atoms with Crippen molar-refractivity contribution < 1.29 is 48.5 Å². The molecule has 0 heterocycles. The molecule has 2 aliphatic carbocycles. The van der Waals surface area contributed by atoms with Crippen LogP contribution in [0.25, 0.3) is 0 Å². The van der Waals surface area contributed by atoms with Crippen molar-refractivity contribution in [2.45, 2.75) is 38.8 Å². The summed E-state index contributed by atoms with van der Waals surface area (Å²) < 4.78 is 154. The second-order valence-electron chi connectivity index (χ2n) is 12.2. The second kappa shape index (κ2) is 11.0. The fourth-order valence-electron chi connectivity index (χ4n) is 7.14. The zero-order chi connectivity index (χ0) is 32.5. The number of allylic oxidation sites excluding steroid dienone is 4. The third-order valence-electron chi connectivity index (χ3n) is 9.14. The van der Waals surface area contributed by atoms with Crippen LogP contribution in [0.3, 0.4) is 0 Å². The number of halogens is 10. The van der Waals surface area contributed by atoms with Crippen molar-refractivity contribution >= 4 is 22.8 Å². The summed E-state index contributed by atoms with van der Waals surface area (Å²) in [7, 11) is 3.26. The van der Waals surface area contributed by atoms with E-state index < -0.39 is 92.8 Å². The van der Waals surface area contributed by atoms with Gasteiger partial charge in [0.15, 0.2) is 40.6 Å². The van der Waals surface area contributed by atoms with E-state index in [0.717, 1.165) is 0 Å². The second-order valence-corrected chi connectivity index (χ2v) is 12.2. The maximum atomic E-state index is 16.0. The van der Waals surface area contributed by atoms with Crippen LogP contribution in [0.15, 0.2) is 53.6 Å². The molecule has 5 rings (SSSR count). The van der Waals surface area contributed by atoms with E-state index in [1.54, 1.807) is 49.0 Å². The first-order valence-electron chi connectivity index (χ1n) is 13.8. The van der Waals surface area contributed by atoms with E-state index in [4.69, 9.17) is 0 Å². The van der Waals surface area contributed by atoms with E-state index in [9.17, 15) is 26.3 Å². The minimum Gasteiger partial charge on any atom is -0.239 e. The molecule has 1 nitrogen and oxygen atoms in total. The van der Waals surface area contributed by atoms with Gasteiger partial charge in [0.2, 0.25) is 0 Å². The van der Waals surface area contributed by atoms with Crippen LogP contribution in [0.4, 0.5) is 43.9 Å². The molecule has 0 saturated heterocycles. The lowest BCUT2D eigenvalue weighted by molar-refractivity contribution is -0.465. The van der Waals surface area contributed by atoms with Crippen molar-refractivity contribution in [1.29, 1.82) is 0 Å². The lowest BCUT2D eigenvalue weighted by atomic mass is 9.10. The highest BCUT2D eigenvalue weighted by molar-refractivity contribution is 7.04. The van der Waals surface area contributed by atoms with Crippen LogP contribution in [-0.4, -0.2) is 30.5 Å². The molecule has 1 atom stereocenters. The van der Waals surface area contributed by atoms with E-state index in [-0.39, 0.29) is 12.0 Å². The molecule has 0 spiro atoms. The molecule has 0 bridgehead atoms. The summed E-state index contributed by atoms with van der Waals surface area (Å²) in [5.74, 6) is -25.9. The van der Waals surface area contributed by atoms with Gasteiger partial charge in [-0.1, -0.05) is 62.2 Å². The van der Waals surface area contributed by atoms with E-state index in [2.05, 4.69) is 0 Å². The van der Waals surface area contributed by atoms with Crippen molar-refractivity contribution in [2.75, 3.05) is 14.1 Å². The first-order valence-corrected chi connectivity index (χ1v) is 13.8. The highest BCUT2D eigenvalue weighted by Gasteiger charge is 2.53. The summed E-state index contributed by atoms with van der Waals surface area (Å²) in [5, 5.41) is 0. The lowest BCUT2D eigenvalue weighted by Gasteiger charge is -2.47. The zero-order valence-electron chi connectivity index (χ0n) is 24.0. The largest absolute Gasteiger partial charge is 0.239 e. The molecule has 0 aliphatic heterocycles. The van der Waals surface area contributed by atoms with Crippen molar-refractivity contribution in [1.82, 2.24) is 0 Å². The van der Waals surface area contributed by atoms with Crippen LogP contribution >= 0.6 is 0 Å². The number of nitrogens with zero attached hydrogens (tertiary/aromatic N) is 1. The van der Waals surface area contributed by atoms with Gasteiger partial charge in [-0.3, -0.25) is 0 Å². The number of hydrogen-bond acceptors (Lipinski definition) is 0. The first kappa shape index (κ1) is 31.6. The maximum absolute atomic E-state index is 16.0. The summed E-state index contributed by atoms with van der Waals surface area (Å²) in [4.78, 5) is 0. The molecule has 0 N–H and O–H groups in total. The average Bonchev–Trinajstić information content (AvgIpc) is 3.55. The minimum absolute atomic E-state index is 0.265. The van der Waals surface area contributed by atoms with Crippen LogP contribution in [0, 0.1) is 63.6 Å². The summed E-state index contributed by atoms with van der Waals surface area (Å²) in [6.45, 7) is 3.64. The molecule has 3 aromatic rings. The van der Waals surface area contributed by atoms with Crippen LogP contribution in [-0.2, 0) is 6.42 Å². The molecular weight excluding hydrogens is 599 g/mol. The highest BCUT2D eigenvalue weighted by atomic mass is 19.2. The van der Waals surface area contributed by atoms with Crippen LogP contribution in [0.2, 0.25) is 12.1 Å². The Kier molecular flexibility index (Phi) is 7.87. The smallest absolute Gasteiger partial charge is 0.200 e. The van der Waals surface area contributed by atoms with Gasteiger partial charge in [0, 0.05) is 6.42 Å². The van der Waals surface area contributed by atoms with Gasteiger partial charge in [-0.05, 0) is 16.6 Å². The number of hydrogen-bond donors (Lipinski definition) is 0. The van der Waals surface area contributed by atoms with Crippen molar-refractivity contribution in [3.05, 3.63) is 117 Å². The van der Waals surface area contributed by atoms with E-state index in [0.29, 0.717) is 23.3 Å². The molecule has 0 amide bonds. The molecular formula is C32H26BF10N. The van der Waals surface area contributed by atoms with Gasteiger partial charge >= 0.3 is 0 Å². The molecule has 2 aliphatic rings. The summed E-state index contributed by atoms with van der Waals surface area (Å²) in [5.41, 5.74) is -2.18. The number of aryl methyl sites for hydroxylation is 1. The number of rotatable bonds is 6. The van der Waals surface area contributed by atoms with Gasteiger partial charge in [0.1, 0.15) is 37.4 Å². The average molecular weight is 625 g/mol. The Hall–Kier alpha value is -3.83. The molecule has 0 unspecified atom stereocenters. The molecule has 44 heavy (non-hydrogen) atoms.